The summed E-state index contributed by atoms with van der Waals surface area (Å²) in [6.07, 6.45) is 4.09. The molecule has 0 aliphatic rings. The number of hydrazine groups is 1. The van der Waals surface area contributed by atoms with E-state index in [1.165, 1.54) is 23.6 Å². The van der Waals surface area contributed by atoms with E-state index < -0.39 is 10.0 Å². The van der Waals surface area contributed by atoms with Crippen molar-refractivity contribution >= 4 is 43.1 Å². The van der Waals surface area contributed by atoms with Gasteiger partial charge in [0.15, 0.2) is 5.82 Å². The SMILES string of the molecule is CCc1cnc(CNS(=O)(=O)c2cc(Br)cnc2NN)s1. The number of hydrogen-bond acceptors (Lipinski definition) is 7. The van der Waals surface area contributed by atoms with E-state index in [-0.39, 0.29) is 17.3 Å². The standard InChI is InChI=1S/C11H14BrN5O2S2/c1-2-8-5-14-10(20-8)6-16-21(18,19)9-3-7(12)4-15-11(9)17-13/h3-5,16H,2,6,13H2,1H3,(H,15,17). The summed E-state index contributed by atoms with van der Waals surface area (Å²) < 4.78 is 27.7. The minimum Gasteiger partial charge on any atom is -0.307 e. The Bertz CT molecular complexity index is 732. The van der Waals surface area contributed by atoms with Gasteiger partial charge in [0.25, 0.3) is 0 Å². The van der Waals surface area contributed by atoms with Crippen LogP contribution in [0.15, 0.2) is 27.8 Å². The Morgan fingerprint density at radius 3 is 2.76 bits per heavy atom. The summed E-state index contributed by atoms with van der Waals surface area (Å²) in [6.45, 7) is 2.15. The number of sulfonamides is 1. The van der Waals surface area contributed by atoms with Crippen molar-refractivity contribution in [1.82, 2.24) is 14.7 Å². The number of thiazole rings is 1. The van der Waals surface area contributed by atoms with Crippen LogP contribution in [0.3, 0.4) is 0 Å². The Morgan fingerprint density at radius 1 is 1.38 bits per heavy atom. The van der Waals surface area contributed by atoms with Gasteiger partial charge in [0.1, 0.15) is 9.90 Å². The van der Waals surface area contributed by atoms with E-state index in [2.05, 4.69) is 36.0 Å². The van der Waals surface area contributed by atoms with Gasteiger partial charge >= 0.3 is 0 Å². The third-order valence-electron chi connectivity index (χ3n) is 2.61. The number of halogens is 1. The lowest BCUT2D eigenvalue weighted by molar-refractivity contribution is 0.581. The van der Waals surface area contributed by atoms with Crippen LogP contribution < -0.4 is 16.0 Å². The number of anilines is 1. The molecule has 2 aromatic heterocycles. The first kappa shape index (κ1) is 16.3. The van der Waals surface area contributed by atoms with Gasteiger partial charge in [-0.3, -0.25) is 0 Å². The van der Waals surface area contributed by atoms with E-state index in [0.717, 1.165) is 11.3 Å². The van der Waals surface area contributed by atoms with Crippen LogP contribution in [0.2, 0.25) is 0 Å². The molecule has 0 aromatic carbocycles. The van der Waals surface area contributed by atoms with Crippen molar-refractivity contribution in [2.45, 2.75) is 24.8 Å². The number of nitrogens with two attached hydrogens (primary N) is 1. The van der Waals surface area contributed by atoms with Crippen molar-refractivity contribution in [2.75, 3.05) is 5.43 Å². The molecule has 0 saturated heterocycles. The van der Waals surface area contributed by atoms with E-state index in [1.54, 1.807) is 6.20 Å². The Hall–Kier alpha value is -1.07. The second-order valence-electron chi connectivity index (χ2n) is 4.04. The second-order valence-corrected chi connectivity index (χ2v) is 7.89. The van der Waals surface area contributed by atoms with Crippen molar-refractivity contribution in [2.24, 2.45) is 5.84 Å². The maximum absolute atomic E-state index is 12.3. The van der Waals surface area contributed by atoms with Crippen LogP contribution in [-0.2, 0) is 23.0 Å². The second kappa shape index (κ2) is 6.79. The molecule has 2 rings (SSSR count). The topological polar surface area (TPSA) is 110 Å². The van der Waals surface area contributed by atoms with Gasteiger partial charge in [-0.15, -0.1) is 11.3 Å². The molecule has 0 fully saturated rings. The normalized spacial score (nSPS) is 11.6. The average Bonchev–Trinajstić information content (AvgIpc) is 2.93. The van der Waals surface area contributed by atoms with Crippen molar-refractivity contribution in [3.63, 3.8) is 0 Å². The van der Waals surface area contributed by atoms with Crippen LogP contribution in [-0.4, -0.2) is 18.4 Å². The minimum atomic E-state index is -3.74. The fourth-order valence-corrected chi connectivity index (χ4v) is 4.07. The molecule has 2 heterocycles. The molecule has 10 heteroatoms. The fourth-order valence-electron chi connectivity index (χ4n) is 1.56. The zero-order valence-electron chi connectivity index (χ0n) is 11.1. The molecule has 0 bridgehead atoms. The summed E-state index contributed by atoms with van der Waals surface area (Å²) in [7, 11) is -3.74. The van der Waals surface area contributed by atoms with Crippen LogP contribution in [0.25, 0.3) is 0 Å². The van der Waals surface area contributed by atoms with Crippen molar-refractivity contribution in [3.8, 4) is 0 Å². The van der Waals surface area contributed by atoms with Gasteiger partial charge in [0.2, 0.25) is 10.0 Å². The van der Waals surface area contributed by atoms with Crippen LogP contribution >= 0.6 is 27.3 Å². The largest absolute Gasteiger partial charge is 0.307 e. The molecule has 0 atom stereocenters. The maximum atomic E-state index is 12.3. The molecule has 0 radical (unpaired) electrons. The summed E-state index contributed by atoms with van der Waals surface area (Å²) >= 11 is 4.67. The Morgan fingerprint density at radius 2 is 2.14 bits per heavy atom. The Labute approximate surface area is 135 Å². The molecule has 7 nitrogen and oxygen atoms in total. The highest BCUT2D eigenvalue weighted by atomic mass is 79.9. The van der Waals surface area contributed by atoms with Crippen molar-refractivity contribution in [1.29, 1.82) is 0 Å². The summed E-state index contributed by atoms with van der Waals surface area (Å²) in [5, 5.41) is 0.709. The van der Waals surface area contributed by atoms with Crippen LogP contribution in [0, 0.1) is 0 Å². The minimum absolute atomic E-state index is 0.0216. The molecule has 114 valence electrons. The molecule has 0 saturated carbocycles. The van der Waals surface area contributed by atoms with Crippen LogP contribution in [0.1, 0.15) is 16.8 Å². The molecular formula is C11H14BrN5O2S2. The summed E-state index contributed by atoms with van der Waals surface area (Å²) in [5.74, 6) is 5.38. The first-order valence-corrected chi connectivity index (χ1v) is 9.11. The highest BCUT2D eigenvalue weighted by Gasteiger charge is 2.20. The lowest BCUT2D eigenvalue weighted by Gasteiger charge is -2.09. The predicted octanol–water partition coefficient (Wildman–Crippen LogP) is 1.63. The monoisotopic (exact) mass is 391 g/mol. The summed E-state index contributed by atoms with van der Waals surface area (Å²) in [6, 6.07) is 1.43. The molecule has 0 aliphatic carbocycles. The molecule has 0 amide bonds. The lowest BCUT2D eigenvalue weighted by atomic mass is 10.4. The number of hydrogen-bond donors (Lipinski definition) is 3. The van der Waals surface area contributed by atoms with Gasteiger partial charge < -0.3 is 5.43 Å². The zero-order chi connectivity index (χ0) is 15.5. The number of nitrogens with zero attached hydrogens (tertiary/aromatic N) is 2. The molecular weight excluding hydrogens is 378 g/mol. The van der Waals surface area contributed by atoms with E-state index >= 15 is 0 Å². The maximum Gasteiger partial charge on any atom is 0.244 e. The number of aryl methyl sites for hydroxylation is 1. The van der Waals surface area contributed by atoms with E-state index in [9.17, 15) is 8.42 Å². The van der Waals surface area contributed by atoms with Crippen molar-refractivity contribution in [3.05, 3.63) is 32.8 Å². The number of nitrogens with one attached hydrogen (secondary N) is 2. The number of rotatable bonds is 6. The molecule has 4 N–H and O–H groups in total. The quantitative estimate of drug-likeness (QED) is 0.509. The van der Waals surface area contributed by atoms with E-state index in [4.69, 9.17) is 5.84 Å². The first-order chi connectivity index (χ1) is 9.96. The molecule has 0 unspecified atom stereocenters. The van der Waals surface area contributed by atoms with E-state index in [0.29, 0.717) is 9.48 Å². The fraction of sp³-hybridized carbons (Fsp3) is 0.273. The van der Waals surface area contributed by atoms with Crippen LogP contribution in [0.4, 0.5) is 5.82 Å². The van der Waals surface area contributed by atoms with Gasteiger partial charge in [-0.25, -0.2) is 29.0 Å². The van der Waals surface area contributed by atoms with E-state index in [1.807, 2.05) is 6.92 Å². The number of nitrogen functional groups attached to an aromatic ring is 1. The lowest BCUT2D eigenvalue weighted by Crippen LogP contribution is -2.25. The van der Waals surface area contributed by atoms with Gasteiger partial charge in [0, 0.05) is 21.7 Å². The van der Waals surface area contributed by atoms with Gasteiger partial charge in [-0.1, -0.05) is 6.92 Å². The summed E-state index contributed by atoms with van der Waals surface area (Å²) in [5.41, 5.74) is 2.28. The van der Waals surface area contributed by atoms with Gasteiger partial charge in [0.05, 0.1) is 6.54 Å². The molecule has 0 aliphatic heterocycles. The van der Waals surface area contributed by atoms with Crippen LogP contribution in [0.5, 0.6) is 0 Å². The predicted molar refractivity (Wildman–Crippen MR) is 85.3 cm³/mol. The highest BCUT2D eigenvalue weighted by molar-refractivity contribution is 9.10. The smallest absolute Gasteiger partial charge is 0.244 e. The number of aromatic nitrogens is 2. The summed E-state index contributed by atoms with van der Waals surface area (Å²) in [4.78, 5) is 9.18. The molecule has 2 aromatic rings. The first-order valence-electron chi connectivity index (χ1n) is 6.01. The third-order valence-corrected chi connectivity index (χ3v) is 5.60. The molecule has 0 spiro atoms. The highest BCUT2D eigenvalue weighted by Crippen LogP contribution is 2.22. The zero-order valence-corrected chi connectivity index (χ0v) is 14.3. The number of pyridine rings is 1. The third kappa shape index (κ3) is 3.98. The average molecular weight is 392 g/mol. The Balaban J connectivity index is 2.20. The van der Waals surface area contributed by atoms with Gasteiger partial charge in [-0.2, -0.15) is 0 Å². The molecule has 21 heavy (non-hydrogen) atoms. The van der Waals surface area contributed by atoms with Crippen molar-refractivity contribution < 1.29 is 8.42 Å². The Kier molecular flexibility index (Phi) is 5.27. The van der Waals surface area contributed by atoms with Gasteiger partial charge in [-0.05, 0) is 28.4 Å².